The highest BCUT2D eigenvalue weighted by molar-refractivity contribution is 6.31. The fourth-order valence-electron chi connectivity index (χ4n) is 4.11. The number of piperidine rings is 1. The number of nitrogens with zero attached hydrogens (tertiary/aromatic N) is 5. The molecule has 164 valence electrons. The minimum absolute atomic E-state index is 0. The van der Waals surface area contributed by atoms with Gasteiger partial charge in [-0.05, 0) is 37.1 Å². The predicted octanol–water partition coefficient (Wildman–Crippen LogP) is 5.38. The predicted molar refractivity (Wildman–Crippen MR) is 126 cm³/mol. The van der Waals surface area contributed by atoms with Crippen LogP contribution in [0.15, 0.2) is 43.0 Å². The van der Waals surface area contributed by atoms with Crippen LogP contribution in [0.25, 0.3) is 22.3 Å². The molecule has 4 heterocycles. The van der Waals surface area contributed by atoms with Gasteiger partial charge in [0.2, 0.25) is 0 Å². The Morgan fingerprint density at radius 3 is 2.65 bits per heavy atom. The second-order valence-corrected chi connectivity index (χ2v) is 7.83. The molecule has 4 aromatic rings. The summed E-state index contributed by atoms with van der Waals surface area (Å²) in [6.45, 7) is 1.82. The summed E-state index contributed by atoms with van der Waals surface area (Å²) in [5, 5.41) is 1.17. The molecule has 1 aliphatic rings. The van der Waals surface area contributed by atoms with E-state index < -0.39 is 5.82 Å². The van der Waals surface area contributed by atoms with Gasteiger partial charge in [0.25, 0.3) is 0 Å². The van der Waals surface area contributed by atoms with Gasteiger partial charge in [-0.2, -0.15) is 0 Å². The fourth-order valence-corrected chi connectivity index (χ4v) is 4.30. The van der Waals surface area contributed by atoms with Crippen molar-refractivity contribution >= 4 is 53.3 Å². The highest BCUT2D eigenvalue weighted by Gasteiger charge is 2.26. The minimum atomic E-state index is -0.416. The third-order valence-electron chi connectivity index (χ3n) is 5.62. The van der Waals surface area contributed by atoms with Crippen LogP contribution in [0.5, 0.6) is 0 Å². The van der Waals surface area contributed by atoms with E-state index in [0.717, 1.165) is 59.9 Å². The summed E-state index contributed by atoms with van der Waals surface area (Å²) in [6.07, 6.45) is 7.47. The summed E-state index contributed by atoms with van der Waals surface area (Å²) < 4.78 is 15.5. The number of aromatic nitrogens is 5. The van der Waals surface area contributed by atoms with Gasteiger partial charge in [-0.1, -0.05) is 11.6 Å². The molecule has 0 unspecified atom stereocenters. The zero-order valence-corrected chi connectivity index (χ0v) is 19.1. The number of imidazole rings is 1. The van der Waals surface area contributed by atoms with Gasteiger partial charge in [-0.15, -0.1) is 24.8 Å². The van der Waals surface area contributed by atoms with Gasteiger partial charge < -0.3 is 14.5 Å². The highest BCUT2D eigenvalue weighted by Crippen LogP contribution is 2.33. The van der Waals surface area contributed by atoms with Gasteiger partial charge in [-0.25, -0.2) is 19.3 Å². The first-order valence-corrected chi connectivity index (χ1v) is 9.99. The van der Waals surface area contributed by atoms with Crippen molar-refractivity contribution in [1.29, 1.82) is 0 Å². The van der Waals surface area contributed by atoms with Crippen molar-refractivity contribution in [2.75, 3.05) is 18.0 Å². The summed E-state index contributed by atoms with van der Waals surface area (Å²) in [4.78, 5) is 19.1. The number of H-pyrrole nitrogens is 1. The zero-order chi connectivity index (χ0) is 20.0. The Hall–Kier alpha value is -2.35. The van der Waals surface area contributed by atoms with Gasteiger partial charge in [0, 0.05) is 44.0 Å². The van der Waals surface area contributed by atoms with Gasteiger partial charge in [0.1, 0.15) is 29.4 Å². The Bertz CT molecular complexity index is 1180. The largest absolute Gasteiger partial charge is 0.356 e. The summed E-state index contributed by atoms with van der Waals surface area (Å²) in [7, 11) is 2.01. The molecular formula is C21H22Cl3FN6. The van der Waals surface area contributed by atoms with Crippen LogP contribution < -0.4 is 4.90 Å². The Labute approximate surface area is 196 Å². The van der Waals surface area contributed by atoms with Crippen LogP contribution in [0, 0.1) is 5.82 Å². The smallest absolute Gasteiger partial charge is 0.142 e. The monoisotopic (exact) mass is 482 g/mol. The number of benzene rings is 1. The van der Waals surface area contributed by atoms with Crippen LogP contribution in [-0.2, 0) is 7.05 Å². The molecule has 6 nitrogen and oxygen atoms in total. The summed E-state index contributed by atoms with van der Waals surface area (Å²) in [5.41, 5.74) is 2.51. The van der Waals surface area contributed by atoms with Crippen molar-refractivity contribution in [2.24, 2.45) is 7.05 Å². The molecule has 3 aromatic heterocycles. The SMILES string of the molecule is Cl.Cl.Cn1cc(-c2ccc(F)c(Cl)c2)nc1C1CCN(c2ncnc3[nH]ccc23)CC1. The van der Waals surface area contributed by atoms with Crippen LogP contribution in [0.4, 0.5) is 10.2 Å². The summed E-state index contributed by atoms with van der Waals surface area (Å²) >= 11 is 5.94. The van der Waals surface area contributed by atoms with E-state index in [4.69, 9.17) is 16.6 Å². The van der Waals surface area contributed by atoms with Crippen molar-refractivity contribution in [3.63, 3.8) is 0 Å². The molecule has 0 aliphatic carbocycles. The third-order valence-corrected chi connectivity index (χ3v) is 5.91. The molecule has 0 radical (unpaired) electrons. The lowest BCUT2D eigenvalue weighted by Gasteiger charge is -2.32. The molecule has 0 bridgehead atoms. The molecule has 1 fully saturated rings. The lowest BCUT2D eigenvalue weighted by Crippen LogP contribution is -2.34. The molecule has 1 saturated heterocycles. The maximum atomic E-state index is 13.5. The molecule has 5 rings (SSSR count). The lowest BCUT2D eigenvalue weighted by atomic mass is 9.96. The maximum Gasteiger partial charge on any atom is 0.142 e. The van der Waals surface area contributed by atoms with Gasteiger partial charge >= 0.3 is 0 Å². The Kier molecular flexibility index (Phi) is 7.09. The quantitative estimate of drug-likeness (QED) is 0.425. The topological polar surface area (TPSA) is 62.6 Å². The summed E-state index contributed by atoms with van der Waals surface area (Å²) in [6, 6.07) is 6.75. The van der Waals surface area contributed by atoms with Crippen molar-refractivity contribution in [1.82, 2.24) is 24.5 Å². The second kappa shape index (κ2) is 9.42. The van der Waals surface area contributed by atoms with E-state index in [2.05, 4.69) is 24.4 Å². The van der Waals surface area contributed by atoms with Crippen LogP contribution in [0.2, 0.25) is 5.02 Å². The standard InChI is InChI=1S/C21H20ClFN6.2ClH/c1-28-11-18(14-2-3-17(23)16(22)10-14)27-20(28)13-5-8-29(9-6-13)21-15-4-7-24-19(15)25-12-26-21;;/h2-4,7,10-13H,5-6,8-9H2,1H3,(H,24,25,26);2*1H. The number of aromatic amines is 1. The third kappa shape index (κ3) is 4.35. The summed E-state index contributed by atoms with van der Waals surface area (Å²) in [5.74, 6) is 1.98. The van der Waals surface area contributed by atoms with Gasteiger partial charge in [-0.3, -0.25) is 0 Å². The first-order valence-electron chi connectivity index (χ1n) is 9.62. The Balaban J connectivity index is 0.00000136. The number of halogens is 4. The first kappa shape index (κ1) is 23.3. The average molecular weight is 484 g/mol. The molecular weight excluding hydrogens is 462 g/mol. The number of rotatable bonds is 3. The van der Waals surface area contributed by atoms with E-state index in [9.17, 15) is 4.39 Å². The number of hydrogen-bond acceptors (Lipinski definition) is 4. The molecule has 1 N–H and O–H groups in total. The van der Waals surface area contributed by atoms with E-state index >= 15 is 0 Å². The highest BCUT2D eigenvalue weighted by atomic mass is 35.5. The van der Waals surface area contributed by atoms with Crippen molar-refractivity contribution < 1.29 is 4.39 Å². The Morgan fingerprint density at radius 1 is 1.13 bits per heavy atom. The molecule has 0 spiro atoms. The molecule has 10 heteroatoms. The average Bonchev–Trinajstić information content (AvgIpc) is 3.37. The van der Waals surface area contributed by atoms with Crippen LogP contribution in [0.3, 0.4) is 0 Å². The molecule has 0 saturated carbocycles. The lowest BCUT2D eigenvalue weighted by molar-refractivity contribution is 0.474. The number of hydrogen-bond donors (Lipinski definition) is 1. The van der Waals surface area contributed by atoms with Crippen molar-refractivity contribution in [3.05, 3.63) is 59.7 Å². The first-order chi connectivity index (χ1) is 14.1. The molecule has 0 amide bonds. The van der Waals surface area contributed by atoms with Crippen molar-refractivity contribution in [2.45, 2.75) is 18.8 Å². The van der Waals surface area contributed by atoms with E-state index in [1.165, 1.54) is 6.07 Å². The Morgan fingerprint density at radius 2 is 1.90 bits per heavy atom. The number of anilines is 1. The zero-order valence-electron chi connectivity index (χ0n) is 16.8. The van der Waals surface area contributed by atoms with E-state index in [0.29, 0.717) is 5.92 Å². The molecule has 31 heavy (non-hydrogen) atoms. The van der Waals surface area contributed by atoms with E-state index in [1.807, 2.05) is 25.5 Å². The molecule has 0 atom stereocenters. The molecule has 1 aliphatic heterocycles. The number of aryl methyl sites for hydroxylation is 1. The minimum Gasteiger partial charge on any atom is -0.356 e. The maximum absolute atomic E-state index is 13.5. The number of fused-ring (bicyclic) bond motifs is 1. The number of nitrogens with one attached hydrogen (secondary N) is 1. The van der Waals surface area contributed by atoms with Crippen molar-refractivity contribution in [3.8, 4) is 11.3 Å². The molecule has 1 aromatic carbocycles. The second-order valence-electron chi connectivity index (χ2n) is 7.42. The van der Waals surface area contributed by atoms with E-state index in [-0.39, 0.29) is 29.8 Å². The van der Waals surface area contributed by atoms with E-state index in [1.54, 1.807) is 18.5 Å². The van der Waals surface area contributed by atoms with Crippen LogP contribution in [-0.4, -0.2) is 37.6 Å². The fraction of sp³-hybridized carbons (Fsp3) is 0.286. The van der Waals surface area contributed by atoms with Gasteiger partial charge in [0.15, 0.2) is 0 Å². The normalized spacial score (nSPS) is 14.4. The van der Waals surface area contributed by atoms with Gasteiger partial charge in [0.05, 0.1) is 16.1 Å². The van der Waals surface area contributed by atoms with Crippen LogP contribution in [0.1, 0.15) is 24.6 Å². The van der Waals surface area contributed by atoms with Crippen LogP contribution >= 0.6 is 36.4 Å².